The monoisotopic (exact) mass is 415 g/mol. The summed E-state index contributed by atoms with van der Waals surface area (Å²) in [5.74, 6) is 0.488. The van der Waals surface area contributed by atoms with Gasteiger partial charge in [-0.25, -0.2) is 0 Å². The SMILES string of the molecule is CC12CCC(C(Cl)=C1Nc1ccc3c4c(ccc(Br)c14)CC3)C2(C)C. The van der Waals surface area contributed by atoms with Gasteiger partial charge in [0.1, 0.15) is 0 Å². The van der Waals surface area contributed by atoms with Crippen molar-refractivity contribution < 1.29 is 0 Å². The van der Waals surface area contributed by atoms with E-state index in [1.807, 2.05) is 0 Å². The Morgan fingerprint density at radius 2 is 1.72 bits per heavy atom. The zero-order valence-corrected chi connectivity index (χ0v) is 17.3. The molecule has 3 aliphatic carbocycles. The van der Waals surface area contributed by atoms with Crippen LogP contribution in [0.25, 0.3) is 10.8 Å². The van der Waals surface area contributed by atoms with Crippen molar-refractivity contribution in [2.75, 3.05) is 5.32 Å². The van der Waals surface area contributed by atoms with Gasteiger partial charge in [-0.05, 0) is 59.7 Å². The summed E-state index contributed by atoms with van der Waals surface area (Å²) in [6.45, 7) is 7.15. The van der Waals surface area contributed by atoms with Crippen molar-refractivity contribution in [2.45, 2.75) is 46.5 Å². The van der Waals surface area contributed by atoms with E-state index >= 15 is 0 Å². The number of hydrogen-bond acceptors (Lipinski definition) is 1. The van der Waals surface area contributed by atoms with Crippen LogP contribution in [-0.2, 0) is 12.8 Å². The molecule has 0 amide bonds. The summed E-state index contributed by atoms with van der Waals surface area (Å²) in [6, 6.07) is 9.00. The summed E-state index contributed by atoms with van der Waals surface area (Å²) < 4.78 is 1.17. The van der Waals surface area contributed by atoms with Crippen LogP contribution in [0.3, 0.4) is 0 Å². The molecule has 0 spiro atoms. The Hall–Kier alpha value is -0.990. The summed E-state index contributed by atoms with van der Waals surface area (Å²) in [5.41, 5.74) is 5.73. The lowest BCUT2D eigenvalue weighted by Gasteiger charge is -2.37. The minimum atomic E-state index is 0.129. The highest BCUT2D eigenvalue weighted by molar-refractivity contribution is 9.10. The first-order valence-corrected chi connectivity index (χ1v) is 10.4. The second kappa shape index (κ2) is 5.04. The van der Waals surface area contributed by atoms with Crippen molar-refractivity contribution >= 4 is 44.0 Å². The molecule has 0 saturated heterocycles. The Morgan fingerprint density at radius 1 is 1.04 bits per heavy atom. The van der Waals surface area contributed by atoms with Crippen molar-refractivity contribution in [2.24, 2.45) is 16.7 Å². The predicted molar refractivity (Wildman–Crippen MR) is 110 cm³/mol. The highest BCUT2D eigenvalue weighted by atomic mass is 79.9. The average molecular weight is 417 g/mol. The molecule has 2 bridgehead atoms. The first-order chi connectivity index (χ1) is 11.8. The second-order valence-electron chi connectivity index (χ2n) is 8.72. The van der Waals surface area contributed by atoms with E-state index in [1.165, 1.54) is 50.6 Å². The van der Waals surface area contributed by atoms with Gasteiger partial charge in [-0.2, -0.15) is 0 Å². The summed E-state index contributed by atoms with van der Waals surface area (Å²) in [6.07, 6.45) is 4.73. The number of hydrogen-bond donors (Lipinski definition) is 1. The maximum Gasteiger partial charge on any atom is 0.0473 e. The molecule has 2 aromatic rings. The summed E-state index contributed by atoms with van der Waals surface area (Å²) in [7, 11) is 0. The Labute approximate surface area is 163 Å². The predicted octanol–water partition coefficient (Wildman–Crippen LogP) is 7.02. The van der Waals surface area contributed by atoms with Crippen LogP contribution in [0.4, 0.5) is 5.69 Å². The number of anilines is 1. The molecule has 5 rings (SSSR count). The largest absolute Gasteiger partial charge is 0.357 e. The zero-order chi connectivity index (χ0) is 17.6. The number of aryl methyl sites for hydroxylation is 2. The van der Waals surface area contributed by atoms with Crippen molar-refractivity contribution in [3.8, 4) is 0 Å². The van der Waals surface area contributed by atoms with Crippen LogP contribution in [0, 0.1) is 16.7 Å². The van der Waals surface area contributed by atoms with Gasteiger partial charge in [-0.1, -0.05) is 60.4 Å². The number of rotatable bonds is 2. The third kappa shape index (κ3) is 1.91. The fourth-order valence-electron chi connectivity index (χ4n) is 5.55. The molecule has 2 atom stereocenters. The van der Waals surface area contributed by atoms with E-state index in [2.05, 4.69) is 66.3 Å². The van der Waals surface area contributed by atoms with E-state index < -0.39 is 0 Å². The molecular formula is C22H23BrClN. The lowest BCUT2D eigenvalue weighted by atomic mass is 9.69. The van der Waals surface area contributed by atoms with Crippen LogP contribution in [0.2, 0.25) is 0 Å². The van der Waals surface area contributed by atoms with Gasteiger partial charge in [0.05, 0.1) is 0 Å². The van der Waals surface area contributed by atoms with Gasteiger partial charge in [-0.15, -0.1) is 0 Å². The van der Waals surface area contributed by atoms with E-state index in [-0.39, 0.29) is 10.8 Å². The third-order valence-corrected chi connectivity index (χ3v) is 8.64. The summed E-state index contributed by atoms with van der Waals surface area (Å²) in [5, 5.41) is 7.60. The molecular weight excluding hydrogens is 394 g/mol. The zero-order valence-electron chi connectivity index (χ0n) is 15.0. The lowest BCUT2D eigenvalue weighted by Crippen LogP contribution is -2.32. The number of nitrogens with one attached hydrogen (secondary N) is 1. The van der Waals surface area contributed by atoms with E-state index in [1.54, 1.807) is 0 Å². The molecule has 3 heteroatoms. The topological polar surface area (TPSA) is 12.0 Å². The van der Waals surface area contributed by atoms with Gasteiger partial charge in [0.2, 0.25) is 0 Å². The number of halogens is 2. The molecule has 1 saturated carbocycles. The molecule has 25 heavy (non-hydrogen) atoms. The Bertz CT molecular complexity index is 948. The molecule has 1 N–H and O–H groups in total. The lowest BCUT2D eigenvalue weighted by molar-refractivity contribution is 0.172. The Balaban J connectivity index is 1.68. The summed E-state index contributed by atoms with van der Waals surface area (Å²) >= 11 is 10.7. The third-order valence-electron chi connectivity index (χ3n) is 7.53. The van der Waals surface area contributed by atoms with Crippen molar-refractivity contribution in [3.63, 3.8) is 0 Å². The van der Waals surface area contributed by atoms with Crippen LogP contribution in [0.15, 0.2) is 39.5 Å². The maximum atomic E-state index is 6.87. The molecule has 0 aliphatic heterocycles. The molecule has 2 unspecified atom stereocenters. The average Bonchev–Trinajstić information content (AvgIpc) is 3.12. The van der Waals surface area contributed by atoms with Crippen LogP contribution >= 0.6 is 27.5 Å². The smallest absolute Gasteiger partial charge is 0.0473 e. The van der Waals surface area contributed by atoms with Gasteiger partial charge in [-0.3, -0.25) is 0 Å². The molecule has 3 aliphatic rings. The molecule has 0 aromatic heterocycles. The fraction of sp³-hybridized carbons (Fsp3) is 0.455. The minimum Gasteiger partial charge on any atom is -0.357 e. The molecule has 1 nitrogen and oxygen atoms in total. The van der Waals surface area contributed by atoms with Crippen molar-refractivity contribution in [1.82, 2.24) is 0 Å². The van der Waals surface area contributed by atoms with Gasteiger partial charge in [0.15, 0.2) is 0 Å². The molecule has 0 heterocycles. The van der Waals surface area contributed by atoms with Gasteiger partial charge in [0.25, 0.3) is 0 Å². The number of benzene rings is 2. The first-order valence-electron chi connectivity index (χ1n) is 9.25. The van der Waals surface area contributed by atoms with Crippen molar-refractivity contribution in [1.29, 1.82) is 0 Å². The van der Waals surface area contributed by atoms with Gasteiger partial charge < -0.3 is 5.32 Å². The highest BCUT2D eigenvalue weighted by Gasteiger charge is 2.60. The fourth-order valence-corrected chi connectivity index (χ4v) is 6.73. The normalized spacial score (nSPS) is 29.1. The Morgan fingerprint density at radius 3 is 2.36 bits per heavy atom. The number of fused-ring (bicyclic) bond motifs is 2. The highest BCUT2D eigenvalue weighted by Crippen LogP contribution is 2.68. The first kappa shape index (κ1) is 16.2. The van der Waals surface area contributed by atoms with Gasteiger partial charge >= 0.3 is 0 Å². The van der Waals surface area contributed by atoms with Gasteiger partial charge in [0, 0.05) is 37.6 Å². The van der Waals surface area contributed by atoms with E-state index in [0.29, 0.717) is 5.92 Å². The molecule has 2 aromatic carbocycles. The number of allylic oxidation sites excluding steroid dienone is 2. The van der Waals surface area contributed by atoms with Crippen LogP contribution in [0.5, 0.6) is 0 Å². The second-order valence-corrected chi connectivity index (χ2v) is 9.98. The van der Waals surface area contributed by atoms with Crippen molar-refractivity contribution in [3.05, 3.63) is 50.6 Å². The van der Waals surface area contributed by atoms with Crippen LogP contribution < -0.4 is 5.32 Å². The van der Waals surface area contributed by atoms with E-state index in [4.69, 9.17) is 11.6 Å². The standard InChI is InChI=1S/C22H23BrClN/c1-21(2)14-10-11-22(21,3)20(19(14)24)25-16-9-7-13-5-4-12-6-8-15(23)18(16)17(12)13/h6-9,14,25H,4-5,10-11H2,1-3H3. The van der Waals surface area contributed by atoms with E-state index in [9.17, 15) is 0 Å². The Kier molecular flexibility index (Phi) is 3.27. The van der Waals surface area contributed by atoms with E-state index in [0.717, 1.165) is 17.9 Å². The summed E-state index contributed by atoms with van der Waals surface area (Å²) in [4.78, 5) is 0. The molecule has 1 fully saturated rings. The maximum absolute atomic E-state index is 6.87. The van der Waals surface area contributed by atoms with Crippen LogP contribution in [-0.4, -0.2) is 0 Å². The van der Waals surface area contributed by atoms with Crippen LogP contribution in [0.1, 0.15) is 44.7 Å². The molecule has 130 valence electrons. The molecule has 0 radical (unpaired) electrons. The minimum absolute atomic E-state index is 0.129. The quantitative estimate of drug-likeness (QED) is 0.554.